The summed E-state index contributed by atoms with van der Waals surface area (Å²) >= 11 is 5.73. The van der Waals surface area contributed by atoms with Crippen LogP contribution in [0.15, 0.2) is 35.4 Å². The molecular formula is C9H9ClN4O2S. The fraction of sp³-hybridized carbons (Fsp3) is 0. The number of H-pyrrole nitrogens is 1. The zero-order chi connectivity index (χ0) is 12.5. The summed E-state index contributed by atoms with van der Waals surface area (Å²) in [5, 5.41) is 6.40. The third kappa shape index (κ3) is 2.51. The smallest absolute Gasteiger partial charge is 0.263 e. The molecule has 0 amide bonds. The zero-order valence-corrected chi connectivity index (χ0v) is 10.1. The monoisotopic (exact) mass is 272 g/mol. The minimum Gasteiger partial charge on any atom is -0.394 e. The summed E-state index contributed by atoms with van der Waals surface area (Å²) in [4.78, 5) is 0.0546. The predicted octanol–water partition coefficient (Wildman–Crippen LogP) is 1.45. The number of benzene rings is 1. The number of nitrogens with two attached hydrogens (primary N) is 1. The first-order valence-corrected chi connectivity index (χ1v) is 6.42. The van der Waals surface area contributed by atoms with E-state index < -0.39 is 10.0 Å². The van der Waals surface area contributed by atoms with Crippen LogP contribution in [-0.4, -0.2) is 18.6 Å². The molecular weight excluding hydrogens is 264 g/mol. The van der Waals surface area contributed by atoms with Crippen LogP contribution in [0.4, 0.5) is 11.5 Å². The third-order valence-corrected chi connectivity index (χ3v) is 3.59. The van der Waals surface area contributed by atoms with Crippen LogP contribution in [0, 0.1) is 0 Å². The van der Waals surface area contributed by atoms with Gasteiger partial charge in [0.25, 0.3) is 10.0 Å². The standard InChI is InChI=1S/C9H9ClN4O2S/c10-6-2-1-3-7(4-6)17(15,16)14-9-8(11)5-12-13-9/h1-5H,11H2,(H2,12,13,14). The van der Waals surface area contributed by atoms with Gasteiger partial charge in [0, 0.05) is 5.02 Å². The molecule has 90 valence electrons. The van der Waals surface area contributed by atoms with E-state index in [-0.39, 0.29) is 16.4 Å². The largest absolute Gasteiger partial charge is 0.394 e. The maximum Gasteiger partial charge on any atom is 0.263 e. The Morgan fingerprint density at radius 1 is 1.41 bits per heavy atom. The van der Waals surface area contributed by atoms with Crippen molar-refractivity contribution in [3.05, 3.63) is 35.5 Å². The first-order valence-electron chi connectivity index (χ1n) is 4.56. The maximum absolute atomic E-state index is 11.9. The molecule has 1 heterocycles. The minimum atomic E-state index is -3.71. The number of anilines is 2. The molecule has 2 rings (SSSR count). The van der Waals surface area contributed by atoms with Crippen LogP contribution in [-0.2, 0) is 10.0 Å². The number of nitrogens with zero attached hydrogens (tertiary/aromatic N) is 1. The van der Waals surface area contributed by atoms with Crippen LogP contribution < -0.4 is 10.5 Å². The first-order chi connectivity index (χ1) is 7.99. The van der Waals surface area contributed by atoms with Gasteiger partial charge < -0.3 is 5.73 Å². The van der Waals surface area contributed by atoms with Gasteiger partial charge in [0.15, 0.2) is 5.82 Å². The number of hydrogen-bond donors (Lipinski definition) is 3. The van der Waals surface area contributed by atoms with Crippen LogP contribution in [0.3, 0.4) is 0 Å². The second kappa shape index (κ2) is 4.27. The van der Waals surface area contributed by atoms with Crippen LogP contribution in [0.1, 0.15) is 0 Å². The number of nitrogen functional groups attached to an aromatic ring is 1. The van der Waals surface area contributed by atoms with Gasteiger partial charge in [-0.2, -0.15) is 5.10 Å². The molecule has 1 aromatic carbocycles. The molecule has 2 aromatic rings. The number of sulfonamides is 1. The van der Waals surface area contributed by atoms with E-state index in [0.717, 1.165) is 0 Å². The number of rotatable bonds is 3. The Bertz CT molecular complexity index is 638. The zero-order valence-electron chi connectivity index (χ0n) is 8.51. The highest BCUT2D eigenvalue weighted by atomic mass is 35.5. The molecule has 8 heteroatoms. The number of aromatic amines is 1. The van der Waals surface area contributed by atoms with Gasteiger partial charge in [-0.05, 0) is 18.2 Å². The molecule has 0 fully saturated rings. The molecule has 0 aliphatic carbocycles. The molecule has 0 radical (unpaired) electrons. The van der Waals surface area contributed by atoms with E-state index >= 15 is 0 Å². The molecule has 0 bridgehead atoms. The summed E-state index contributed by atoms with van der Waals surface area (Å²) in [5.74, 6) is 0.130. The van der Waals surface area contributed by atoms with Crippen molar-refractivity contribution in [1.82, 2.24) is 10.2 Å². The normalized spacial score (nSPS) is 11.4. The van der Waals surface area contributed by atoms with Crippen LogP contribution in [0.2, 0.25) is 5.02 Å². The summed E-state index contributed by atoms with van der Waals surface area (Å²) in [6, 6.07) is 5.91. The van der Waals surface area contributed by atoms with Gasteiger partial charge in [0.05, 0.1) is 16.8 Å². The minimum absolute atomic E-state index is 0.0546. The topological polar surface area (TPSA) is 101 Å². The Morgan fingerprint density at radius 3 is 2.76 bits per heavy atom. The Hall–Kier alpha value is -1.73. The van der Waals surface area contributed by atoms with Gasteiger partial charge in [-0.25, -0.2) is 8.42 Å². The van der Waals surface area contributed by atoms with Crippen molar-refractivity contribution in [3.63, 3.8) is 0 Å². The summed E-state index contributed by atoms with van der Waals surface area (Å²) in [5.41, 5.74) is 5.73. The summed E-state index contributed by atoms with van der Waals surface area (Å²) in [6.07, 6.45) is 1.32. The molecule has 0 unspecified atom stereocenters. The third-order valence-electron chi connectivity index (χ3n) is 2.01. The molecule has 0 aliphatic heterocycles. The van der Waals surface area contributed by atoms with Crippen molar-refractivity contribution < 1.29 is 8.42 Å². The average Bonchev–Trinajstić information content (AvgIpc) is 2.64. The van der Waals surface area contributed by atoms with Crippen LogP contribution in [0.25, 0.3) is 0 Å². The van der Waals surface area contributed by atoms with Crippen molar-refractivity contribution in [2.24, 2.45) is 0 Å². The first kappa shape index (κ1) is 11.7. The second-order valence-electron chi connectivity index (χ2n) is 3.26. The quantitative estimate of drug-likeness (QED) is 0.787. The van der Waals surface area contributed by atoms with Crippen LogP contribution >= 0.6 is 11.6 Å². The van der Waals surface area contributed by atoms with Crippen molar-refractivity contribution in [1.29, 1.82) is 0 Å². The molecule has 0 spiro atoms. The second-order valence-corrected chi connectivity index (χ2v) is 5.38. The SMILES string of the molecule is Nc1cn[nH]c1NS(=O)(=O)c1cccc(Cl)c1. The number of aromatic nitrogens is 2. The van der Waals surface area contributed by atoms with E-state index in [1.807, 2.05) is 0 Å². The molecule has 6 nitrogen and oxygen atoms in total. The Balaban J connectivity index is 2.35. The van der Waals surface area contributed by atoms with Crippen LogP contribution in [0.5, 0.6) is 0 Å². The van der Waals surface area contributed by atoms with Gasteiger partial charge in [-0.15, -0.1) is 0 Å². The predicted molar refractivity (Wildman–Crippen MR) is 65.3 cm³/mol. The molecule has 0 saturated heterocycles. The van der Waals surface area contributed by atoms with E-state index in [2.05, 4.69) is 14.9 Å². The van der Waals surface area contributed by atoms with Gasteiger partial charge in [-0.3, -0.25) is 9.82 Å². The fourth-order valence-corrected chi connectivity index (χ4v) is 2.55. The van der Waals surface area contributed by atoms with E-state index in [4.69, 9.17) is 17.3 Å². The molecule has 0 saturated carbocycles. The fourth-order valence-electron chi connectivity index (χ4n) is 1.20. The summed E-state index contributed by atoms with van der Waals surface area (Å²) < 4.78 is 26.1. The molecule has 1 aromatic heterocycles. The summed E-state index contributed by atoms with van der Waals surface area (Å²) in [7, 11) is -3.71. The Labute approximate surface area is 103 Å². The van der Waals surface area contributed by atoms with Crippen molar-refractivity contribution in [2.45, 2.75) is 4.90 Å². The molecule has 4 N–H and O–H groups in total. The average molecular weight is 273 g/mol. The summed E-state index contributed by atoms with van der Waals surface area (Å²) in [6.45, 7) is 0. The number of halogens is 1. The number of hydrogen-bond acceptors (Lipinski definition) is 4. The lowest BCUT2D eigenvalue weighted by molar-refractivity contribution is 0.601. The Kier molecular flexibility index (Phi) is 2.95. The highest BCUT2D eigenvalue weighted by Gasteiger charge is 2.16. The van der Waals surface area contributed by atoms with Gasteiger partial charge in [0.1, 0.15) is 0 Å². The van der Waals surface area contributed by atoms with Crippen molar-refractivity contribution >= 4 is 33.1 Å². The molecule has 0 atom stereocenters. The van der Waals surface area contributed by atoms with Gasteiger partial charge >= 0.3 is 0 Å². The lowest BCUT2D eigenvalue weighted by Gasteiger charge is -2.06. The number of nitrogens with one attached hydrogen (secondary N) is 2. The van der Waals surface area contributed by atoms with E-state index in [0.29, 0.717) is 5.02 Å². The maximum atomic E-state index is 11.9. The van der Waals surface area contributed by atoms with E-state index in [1.165, 1.54) is 18.3 Å². The Morgan fingerprint density at radius 2 is 2.18 bits per heavy atom. The highest BCUT2D eigenvalue weighted by Crippen LogP contribution is 2.20. The van der Waals surface area contributed by atoms with Crippen molar-refractivity contribution in [2.75, 3.05) is 10.5 Å². The molecule has 17 heavy (non-hydrogen) atoms. The molecule has 0 aliphatic rings. The van der Waals surface area contributed by atoms with Gasteiger partial charge in [-0.1, -0.05) is 17.7 Å². The van der Waals surface area contributed by atoms with E-state index in [1.54, 1.807) is 12.1 Å². The lowest BCUT2D eigenvalue weighted by atomic mass is 10.4. The van der Waals surface area contributed by atoms with Crippen molar-refractivity contribution in [3.8, 4) is 0 Å². The van der Waals surface area contributed by atoms with Gasteiger partial charge in [0.2, 0.25) is 0 Å². The van der Waals surface area contributed by atoms with E-state index in [9.17, 15) is 8.42 Å². The highest BCUT2D eigenvalue weighted by molar-refractivity contribution is 7.92. The lowest BCUT2D eigenvalue weighted by Crippen LogP contribution is -2.14.